The number of nitrogens with one attached hydrogen (secondary N) is 1. The molecule has 0 atom stereocenters. The van der Waals surface area contributed by atoms with E-state index in [-0.39, 0.29) is 11.9 Å². The van der Waals surface area contributed by atoms with Crippen molar-refractivity contribution in [3.8, 4) is 23.1 Å². The average Bonchev–Trinajstić information content (AvgIpc) is 3.36. The zero-order valence-corrected chi connectivity index (χ0v) is 23.3. The molecule has 4 aromatic heterocycles. The van der Waals surface area contributed by atoms with Gasteiger partial charge in [-0.15, -0.1) is 0 Å². The minimum atomic E-state index is -2.17. The lowest BCUT2D eigenvalue weighted by Crippen LogP contribution is -2.51. The second-order valence-electron chi connectivity index (χ2n) is 9.65. The molecule has 1 aliphatic rings. The third-order valence-corrected chi connectivity index (χ3v) is 7.55. The second-order valence-corrected chi connectivity index (χ2v) is 10.5. The van der Waals surface area contributed by atoms with E-state index in [1.807, 2.05) is 28.8 Å². The molecule has 12 nitrogen and oxygen atoms in total. The SMILES string of the molecule is N#Cc1nccc(NC2CCN(C(O)(O)c3ccc(-n4c(-c5cccnc5N)nc5ccc(Br)nc54)cc3)CC2)n1. The Morgan fingerprint density at radius 2 is 1.76 bits per heavy atom. The molecular formula is C28H25BrN10O2. The van der Waals surface area contributed by atoms with Crippen LogP contribution in [0, 0.1) is 11.3 Å². The van der Waals surface area contributed by atoms with Crippen LogP contribution in [0.3, 0.4) is 0 Å². The van der Waals surface area contributed by atoms with Crippen molar-refractivity contribution in [3.63, 3.8) is 0 Å². The lowest BCUT2D eigenvalue weighted by Gasteiger charge is -2.40. The Hall–Kier alpha value is -4.48. The Morgan fingerprint density at radius 3 is 2.49 bits per heavy atom. The van der Waals surface area contributed by atoms with Gasteiger partial charge in [0.05, 0.1) is 5.56 Å². The van der Waals surface area contributed by atoms with E-state index in [1.165, 1.54) is 6.20 Å². The van der Waals surface area contributed by atoms with Gasteiger partial charge in [-0.1, -0.05) is 12.1 Å². The summed E-state index contributed by atoms with van der Waals surface area (Å²) in [5, 5.41) is 34.7. The van der Waals surface area contributed by atoms with Gasteiger partial charge in [-0.3, -0.25) is 4.57 Å². The van der Waals surface area contributed by atoms with E-state index in [0.717, 1.165) is 5.69 Å². The molecule has 1 saturated heterocycles. The Kier molecular flexibility index (Phi) is 7.06. The highest BCUT2D eigenvalue weighted by molar-refractivity contribution is 9.10. The first-order valence-electron chi connectivity index (χ1n) is 12.9. The number of rotatable bonds is 6. The number of halogens is 1. The number of pyridine rings is 2. The number of piperidine rings is 1. The van der Waals surface area contributed by atoms with Gasteiger partial charge in [0.1, 0.15) is 27.8 Å². The van der Waals surface area contributed by atoms with Gasteiger partial charge < -0.3 is 21.3 Å². The second kappa shape index (κ2) is 10.8. The molecule has 0 radical (unpaired) electrons. The molecule has 5 N–H and O–H groups in total. The van der Waals surface area contributed by atoms with Crippen molar-refractivity contribution in [3.05, 3.63) is 83.0 Å². The highest BCUT2D eigenvalue weighted by Crippen LogP contribution is 2.33. The van der Waals surface area contributed by atoms with Crippen LogP contribution in [0.25, 0.3) is 28.2 Å². The van der Waals surface area contributed by atoms with Crippen LogP contribution in [-0.4, -0.2) is 63.7 Å². The average molecular weight is 613 g/mol. The summed E-state index contributed by atoms with van der Waals surface area (Å²) in [6, 6.07) is 18.0. The number of anilines is 2. The lowest BCUT2D eigenvalue weighted by molar-refractivity contribution is -0.279. The molecule has 0 spiro atoms. The summed E-state index contributed by atoms with van der Waals surface area (Å²) >= 11 is 3.45. The van der Waals surface area contributed by atoms with E-state index >= 15 is 0 Å². The zero-order chi connectivity index (χ0) is 28.6. The van der Waals surface area contributed by atoms with Crippen molar-refractivity contribution >= 4 is 38.7 Å². The summed E-state index contributed by atoms with van der Waals surface area (Å²) < 4.78 is 2.52. The molecule has 13 heteroatoms. The summed E-state index contributed by atoms with van der Waals surface area (Å²) in [5.74, 6) is -0.577. The normalized spacial score (nSPS) is 14.7. The molecule has 0 bridgehead atoms. The summed E-state index contributed by atoms with van der Waals surface area (Å²) in [4.78, 5) is 23.3. The molecule has 5 heterocycles. The quantitative estimate of drug-likeness (QED) is 0.164. The Balaban J connectivity index is 1.24. The Morgan fingerprint density at radius 1 is 0.976 bits per heavy atom. The van der Waals surface area contributed by atoms with Crippen molar-refractivity contribution < 1.29 is 10.2 Å². The third-order valence-electron chi connectivity index (χ3n) is 7.11. The molecule has 0 amide bonds. The number of hydrogen-bond donors (Lipinski definition) is 4. The highest BCUT2D eigenvalue weighted by atomic mass is 79.9. The summed E-state index contributed by atoms with van der Waals surface area (Å²) in [7, 11) is 0. The predicted molar refractivity (Wildman–Crippen MR) is 155 cm³/mol. The van der Waals surface area contributed by atoms with Crippen LogP contribution >= 0.6 is 15.9 Å². The first-order chi connectivity index (χ1) is 19.8. The van der Waals surface area contributed by atoms with Crippen LogP contribution in [-0.2, 0) is 5.91 Å². The van der Waals surface area contributed by atoms with E-state index in [2.05, 4.69) is 41.2 Å². The van der Waals surface area contributed by atoms with Crippen LogP contribution in [0.4, 0.5) is 11.6 Å². The number of benzene rings is 1. The number of nitriles is 1. The fraction of sp³-hybridized carbons (Fsp3) is 0.214. The van der Waals surface area contributed by atoms with Crippen LogP contribution in [0.15, 0.2) is 71.6 Å². The molecule has 6 rings (SSSR count). The molecule has 206 valence electrons. The number of aromatic nitrogens is 6. The number of nitrogens with two attached hydrogens (primary N) is 1. The minimum absolute atomic E-state index is 0.0746. The van der Waals surface area contributed by atoms with Crippen molar-refractivity contribution in [1.29, 1.82) is 5.26 Å². The predicted octanol–water partition coefficient (Wildman–Crippen LogP) is 3.16. The van der Waals surface area contributed by atoms with Crippen molar-refractivity contribution in [2.75, 3.05) is 24.1 Å². The molecule has 1 aromatic carbocycles. The smallest absolute Gasteiger partial charge is 0.253 e. The number of imidazole rings is 1. The van der Waals surface area contributed by atoms with Gasteiger partial charge >= 0.3 is 0 Å². The number of likely N-dealkylation sites (tertiary alicyclic amines) is 1. The Labute approximate surface area is 243 Å². The molecule has 1 aliphatic heterocycles. The third kappa shape index (κ3) is 5.21. The topological polar surface area (TPSA) is 175 Å². The van der Waals surface area contributed by atoms with Crippen molar-refractivity contribution in [1.82, 2.24) is 34.4 Å². The van der Waals surface area contributed by atoms with Crippen LogP contribution in [0.5, 0.6) is 0 Å². The van der Waals surface area contributed by atoms with E-state index < -0.39 is 5.91 Å². The van der Waals surface area contributed by atoms with Crippen molar-refractivity contribution in [2.45, 2.75) is 24.8 Å². The maximum absolute atomic E-state index is 11.2. The van der Waals surface area contributed by atoms with Gasteiger partial charge in [-0.25, -0.2) is 29.8 Å². The number of fused-ring (bicyclic) bond motifs is 1. The van der Waals surface area contributed by atoms with E-state index in [1.54, 1.807) is 47.5 Å². The summed E-state index contributed by atoms with van der Waals surface area (Å²) in [6.07, 6.45) is 4.47. The standard InChI is InChI=1S/C28H25BrN10O2/c29-22-8-7-21-27(36-22)39(26(35-21)20-2-1-12-33-25(20)31)19-5-3-17(4-6-19)28(40,41)38-14-10-18(11-15-38)34-23-9-13-32-24(16-30)37-23/h1-9,12-13,18,40-41H,10-11,14-15H2,(H2,31,33)(H,32,34,37). The monoisotopic (exact) mass is 612 g/mol. The van der Waals surface area contributed by atoms with Crippen LogP contribution in [0.2, 0.25) is 0 Å². The first kappa shape index (κ1) is 26.7. The number of nitrogens with zero attached hydrogens (tertiary/aromatic N) is 8. The van der Waals surface area contributed by atoms with Gasteiger partial charge in [0.15, 0.2) is 11.5 Å². The lowest BCUT2D eigenvalue weighted by atomic mass is 10.0. The Bertz CT molecular complexity index is 1760. The maximum Gasteiger partial charge on any atom is 0.253 e. The summed E-state index contributed by atoms with van der Waals surface area (Å²) in [5.41, 5.74) is 9.20. The molecule has 1 fully saturated rings. The van der Waals surface area contributed by atoms with Crippen LogP contribution in [0.1, 0.15) is 24.2 Å². The molecule has 0 aliphatic carbocycles. The molecule has 5 aromatic rings. The molecule has 41 heavy (non-hydrogen) atoms. The van der Waals surface area contributed by atoms with E-state index in [0.29, 0.717) is 70.3 Å². The number of nitrogen functional groups attached to an aromatic ring is 1. The number of hydrogen-bond acceptors (Lipinski definition) is 11. The van der Waals surface area contributed by atoms with Gasteiger partial charge in [0, 0.05) is 42.8 Å². The molecule has 0 unspecified atom stereocenters. The minimum Gasteiger partial charge on any atom is -0.383 e. The van der Waals surface area contributed by atoms with Crippen molar-refractivity contribution in [2.24, 2.45) is 0 Å². The van der Waals surface area contributed by atoms with Gasteiger partial charge in [-0.2, -0.15) is 5.26 Å². The maximum atomic E-state index is 11.2. The molecule has 0 saturated carbocycles. The van der Waals surface area contributed by atoms with E-state index in [9.17, 15) is 10.2 Å². The van der Waals surface area contributed by atoms with Gasteiger partial charge in [0.2, 0.25) is 5.82 Å². The van der Waals surface area contributed by atoms with Gasteiger partial charge in [0.25, 0.3) is 5.91 Å². The van der Waals surface area contributed by atoms with Gasteiger partial charge in [-0.05, 0) is 71.2 Å². The zero-order valence-electron chi connectivity index (χ0n) is 21.7. The fourth-order valence-electron chi connectivity index (χ4n) is 5.02. The molecular weight excluding hydrogens is 588 g/mol. The highest BCUT2D eigenvalue weighted by Gasteiger charge is 2.37. The summed E-state index contributed by atoms with van der Waals surface area (Å²) in [6.45, 7) is 0.883. The largest absolute Gasteiger partial charge is 0.383 e. The first-order valence-corrected chi connectivity index (χ1v) is 13.7. The number of aliphatic hydroxyl groups is 2. The van der Waals surface area contributed by atoms with Crippen LogP contribution < -0.4 is 11.1 Å². The fourth-order valence-corrected chi connectivity index (χ4v) is 5.32. The van der Waals surface area contributed by atoms with E-state index in [4.69, 9.17) is 16.0 Å².